The molecule has 1 N–H and O–H groups in total. The number of amides is 1. The number of aromatic nitrogens is 1. The second kappa shape index (κ2) is 7.98. The number of nitrogens with one attached hydrogen (secondary N) is 1. The van der Waals surface area contributed by atoms with Crippen molar-refractivity contribution >= 4 is 17.3 Å². The molecule has 25 heavy (non-hydrogen) atoms. The van der Waals surface area contributed by atoms with Crippen LogP contribution in [0.5, 0.6) is 5.88 Å². The first-order valence-corrected chi connectivity index (χ1v) is 8.39. The maximum Gasteiger partial charge on any atom is 0.261 e. The molecule has 6 nitrogen and oxygen atoms in total. The summed E-state index contributed by atoms with van der Waals surface area (Å²) in [7, 11) is 3.26. The summed E-state index contributed by atoms with van der Waals surface area (Å²) >= 11 is 0. The van der Waals surface area contributed by atoms with Crippen LogP contribution >= 0.6 is 0 Å². The molecule has 132 valence electrons. The predicted molar refractivity (Wildman–Crippen MR) is 97.4 cm³/mol. The molecule has 0 spiro atoms. The largest absolute Gasteiger partial charge is 0.480 e. The van der Waals surface area contributed by atoms with E-state index in [1.54, 1.807) is 25.4 Å². The summed E-state index contributed by atoms with van der Waals surface area (Å²) in [6.07, 6.45) is 4.11. The Hall–Kier alpha value is -2.60. The molecule has 0 radical (unpaired) electrons. The van der Waals surface area contributed by atoms with Crippen molar-refractivity contribution in [1.29, 1.82) is 0 Å². The van der Waals surface area contributed by atoms with Gasteiger partial charge in [0.05, 0.1) is 13.2 Å². The molecule has 1 saturated heterocycles. The Morgan fingerprint density at radius 3 is 2.76 bits per heavy atom. The summed E-state index contributed by atoms with van der Waals surface area (Å²) in [5.41, 5.74) is 2.28. The standard InChI is InChI=1S/C19H23N3O3/c1-24-16-5-4-12-22(13-16)15-9-7-14(8-10-15)21-18(23)17-6-3-11-20-19(17)25-2/h3,6-11,16H,4-5,12-13H2,1-2H3,(H,21,23). The fourth-order valence-electron chi connectivity index (χ4n) is 3.05. The van der Waals surface area contributed by atoms with Gasteiger partial charge in [0.2, 0.25) is 5.88 Å². The number of piperidine rings is 1. The molecular weight excluding hydrogens is 318 g/mol. The predicted octanol–water partition coefficient (Wildman–Crippen LogP) is 2.96. The Morgan fingerprint density at radius 2 is 2.04 bits per heavy atom. The molecular formula is C19H23N3O3. The molecule has 1 aromatic heterocycles. The Kier molecular flexibility index (Phi) is 5.50. The smallest absolute Gasteiger partial charge is 0.261 e. The van der Waals surface area contributed by atoms with Crippen molar-refractivity contribution in [2.45, 2.75) is 18.9 Å². The average molecular weight is 341 g/mol. The zero-order valence-corrected chi connectivity index (χ0v) is 14.6. The molecule has 1 aliphatic rings. The van der Waals surface area contributed by atoms with Crippen LogP contribution in [0.4, 0.5) is 11.4 Å². The molecule has 1 amide bonds. The van der Waals surface area contributed by atoms with Crippen molar-refractivity contribution in [3.05, 3.63) is 48.2 Å². The third-order valence-electron chi connectivity index (χ3n) is 4.41. The van der Waals surface area contributed by atoms with E-state index in [1.165, 1.54) is 7.11 Å². The maximum absolute atomic E-state index is 12.4. The van der Waals surface area contributed by atoms with E-state index in [4.69, 9.17) is 9.47 Å². The zero-order chi connectivity index (χ0) is 17.6. The van der Waals surface area contributed by atoms with Crippen molar-refractivity contribution in [3.8, 4) is 5.88 Å². The third-order valence-corrected chi connectivity index (χ3v) is 4.41. The van der Waals surface area contributed by atoms with Crippen molar-refractivity contribution in [2.75, 3.05) is 37.5 Å². The number of rotatable bonds is 5. The highest BCUT2D eigenvalue weighted by atomic mass is 16.5. The van der Waals surface area contributed by atoms with E-state index in [2.05, 4.69) is 15.2 Å². The van der Waals surface area contributed by atoms with E-state index in [9.17, 15) is 4.79 Å². The molecule has 0 bridgehead atoms. The van der Waals surface area contributed by atoms with Gasteiger partial charge in [-0.3, -0.25) is 4.79 Å². The van der Waals surface area contributed by atoms with Gasteiger partial charge in [0.25, 0.3) is 5.91 Å². The molecule has 1 unspecified atom stereocenters. The Morgan fingerprint density at radius 1 is 1.24 bits per heavy atom. The van der Waals surface area contributed by atoms with Crippen molar-refractivity contribution < 1.29 is 14.3 Å². The molecule has 0 aliphatic carbocycles. The van der Waals surface area contributed by atoms with Gasteiger partial charge in [0, 0.05) is 37.8 Å². The Balaban J connectivity index is 1.67. The summed E-state index contributed by atoms with van der Waals surface area (Å²) in [6, 6.07) is 11.3. The summed E-state index contributed by atoms with van der Waals surface area (Å²) in [6.45, 7) is 1.92. The molecule has 6 heteroatoms. The van der Waals surface area contributed by atoms with Gasteiger partial charge < -0.3 is 19.7 Å². The van der Waals surface area contributed by atoms with Gasteiger partial charge in [-0.05, 0) is 49.2 Å². The van der Waals surface area contributed by atoms with Gasteiger partial charge in [-0.2, -0.15) is 0 Å². The van der Waals surface area contributed by atoms with Crippen LogP contribution in [0, 0.1) is 0 Å². The number of nitrogens with zero attached hydrogens (tertiary/aromatic N) is 2. The normalized spacial score (nSPS) is 17.2. The summed E-state index contributed by atoms with van der Waals surface area (Å²) in [5.74, 6) is 0.0747. The highest BCUT2D eigenvalue weighted by Gasteiger charge is 2.19. The summed E-state index contributed by atoms with van der Waals surface area (Å²) < 4.78 is 10.6. The van der Waals surface area contributed by atoms with E-state index in [-0.39, 0.29) is 12.0 Å². The second-order valence-electron chi connectivity index (χ2n) is 6.01. The van der Waals surface area contributed by atoms with Crippen LogP contribution in [-0.4, -0.2) is 44.3 Å². The van der Waals surface area contributed by atoms with Crippen LogP contribution in [0.15, 0.2) is 42.6 Å². The summed E-state index contributed by atoms with van der Waals surface area (Å²) in [5, 5.41) is 2.88. The molecule has 2 heterocycles. The third kappa shape index (κ3) is 4.09. The monoisotopic (exact) mass is 341 g/mol. The van der Waals surface area contributed by atoms with Crippen LogP contribution in [0.25, 0.3) is 0 Å². The van der Waals surface area contributed by atoms with Gasteiger partial charge in [-0.15, -0.1) is 0 Å². The minimum absolute atomic E-state index is 0.241. The maximum atomic E-state index is 12.4. The number of ether oxygens (including phenoxy) is 2. The van der Waals surface area contributed by atoms with Crippen LogP contribution < -0.4 is 15.0 Å². The zero-order valence-electron chi connectivity index (χ0n) is 14.6. The highest BCUT2D eigenvalue weighted by Crippen LogP contribution is 2.23. The first-order chi connectivity index (χ1) is 12.2. The fraction of sp³-hybridized carbons (Fsp3) is 0.368. The van der Waals surface area contributed by atoms with Gasteiger partial charge >= 0.3 is 0 Å². The van der Waals surface area contributed by atoms with Crippen LogP contribution in [0.1, 0.15) is 23.2 Å². The topological polar surface area (TPSA) is 63.7 Å². The van der Waals surface area contributed by atoms with E-state index in [0.29, 0.717) is 11.4 Å². The molecule has 1 aromatic carbocycles. The van der Waals surface area contributed by atoms with Gasteiger partial charge in [-0.25, -0.2) is 4.98 Å². The minimum Gasteiger partial charge on any atom is -0.480 e. The van der Waals surface area contributed by atoms with Crippen LogP contribution in [0.3, 0.4) is 0 Å². The fourth-order valence-corrected chi connectivity index (χ4v) is 3.05. The first kappa shape index (κ1) is 17.2. The number of carbonyl (C=O) groups excluding carboxylic acids is 1. The van der Waals surface area contributed by atoms with Crippen molar-refractivity contribution in [2.24, 2.45) is 0 Å². The number of methoxy groups -OCH3 is 2. The molecule has 1 aliphatic heterocycles. The SMILES string of the molecule is COc1ncccc1C(=O)Nc1ccc(N2CCCC(OC)C2)cc1. The number of hydrogen-bond donors (Lipinski definition) is 1. The molecule has 3 rings (SSSR count). The number of benzene rings is 1. The molecule has 2 aromatic rings. The lowest BCUT2D eigenvalue weighted by Gasteiger charge is -2.33. The number of hydrogen-bond acceptors (Lipinski definition) is 5. The molecule has 1 fully saturated rings. The van der Waals surface area contributed by atoms with E-state index in [0.717, 1.165) is 37.3 Å². The lowest BCUT2D eigenvalue weighted by molar-refractivity contribution is 0.0893. The number of pyridine rings is 1. The lowest BCUT2D eigenvalue weighted by atomic mass is 10.1. The Bertz CT molecular complexity index is 718. The number of anilines is 2. The average Bonchev–Trinajstić information content (AvgIpc) is 2.68. The van der Waals surface area contributed by atoms with Gasteiger partial charge in [-0.1, -0.05) is 0 Å². The van der Waals surface area contributed by atoms with Crippen molar-refractivity contribution in [3.63, 3.8) is 0 Å². The van der Waals surface area contributed by atoms with Gasteiger partial charge in [0.15, 0.2) is 0 Å². The van der Waals surface area contributed by atoms with Crippen molar-refractivity contribution in [1.82, 2.24) is 4.98 Å². The van der Waals surface area contributed by atoms with Gasteiger partial charge in [0.1, 0.15) is 5.56 Å². The highest BCUT2D eigenvalue weighted by molar-refractivity contribution is 6.05. The van der Waals surface area contributed by atoms with Crippen LogP contribution in [0.2, 0.25) is 0 Å². The van der Waals surface area contributed by atoms with E-state index in [1.807, 2.05) is 24.3 Å². The summed E-state index contributed by atoms with van der Waals surface area (Å²) in [4.78, 5) is 18.8. The van der Waals surface area contributed by atoms with Crippen LogP contribution in [-0.2, 0) is 4.74 Å². The second-order valence-corrected chi connectivity index (χ2v) is 6.01. The lowest BCUT2D eigenvalue weighted by Crippen LogP contribution is -2.39. The first-order valence-electron chi connectivity index (χ1n) is 8.39. The minimum atomic E-state index is -0.241. The molecule has 0 saturated carbocycles. The quantitative estimate of drug-likeness (QED) is 0.906. The van der Waals surface area contributed by atoms with E-state index < -0.39 is 0 Å². The number of carbonyl (C=O) groups is 1. The van der Waals surface area contributed by atoms with E-state index >= 15 is 0 Å². The Labute approximate surface area is 147 Å². The molecule has 1 atom stereocenters.